The summed E-state index contributed by atoms with van der Waals surface area (Å²) in [5, 5.41) is 2.79. The summed E-state index contributed by atoms with van der Waals surface area (Å²) >= 11 is 0. The predicted octanol–water partition coefficient (Wildman–Crippen LogP) is 2.13. The van der Waals surface area contributed by atoms with Crippen molar-refractivity contribution in [3.05, 3.63) is 60.4 Å². The number of ether oxygens (including phenoxy) is 1. The molecule has 1 aliphatic heterocycles. The number of benzene rings is 2. The summed E-state index contributed by atoms with van der Waals surface area (Å²) in [5.74, 6) is -0.282. The van der Waals surface area contributed by atoms with Gasteiger partial charge in [0.1, 0.15) is 11.6 Å². The molecule has 0 aliphatic carbocycles. The molecule has 0 saturated carbocycles. The minimum absolute atomic E-state index is 0.0223. The van der Waals surface area contributed by atoms with Crippen molar-refractivity contribution in [3.8, 4) is 5.75 Å². The zero-order valence-corrected chi connectivity index (χ0v) is 12.9. The summed E-state index contributed by atoms with van der Waals surface area (Å²) in [4.78, 5) is 25.7. The van der Waals surface area contributed by atoms with E-state index in [1.54, 1.807) is 4.90 Å². The molecule has 1 heterocycles. The molecule has 24 heavy (non-hydrogen) atoms. The van der Waals surface area contributed by atoms with Crippen LogP contribution < -0.4 is 15.0 Å². The number of nitrogens with zero attached hydrogens (tertiary/aromatic N) is 1. The van der Waals surface area contributed by atoms with Crippen LogP contribution in [0.5, 0.6) is 5.75 Å². The lowest BCUT2D eigenvalue weighted by atomic mass is 10.2. The Morgan fingerprint density at radius 1 is 1.17 bits per heavy atom. The summed E-state index contributed by atoms with van der Waals surface area (Å²) in [7, 11) is 0. The van der Waals surface area contributed by atoms with Gasteiger partial charge in [0.25, 0.3) is 5.91 Å². The molecule has 0 radical (unpaired) electrons. The van der Waals surface area contributed by atoms with Gasteiger partial charge in [-0.25, -0.2) is 4.39 Å². The number of nitrogens with one attached hydrogen (secondary N) is 1. The van der Waals surface area contributed by atoms with E-state index in [4.69, 9.17) is 4.74 Å². The Morgan fingerprint density at radius 3 is 2.58 bits per heavy atom. The summed E-state index contributed by atoms with van der Waals surface area (Å²) < 4.78 is 18.1. The minimum Gasteiger partial charge on any atom is -0.484 e. The fourth-order valence-corrected chi connectivity index (χ4v) is 2.61. The molecule has 1 fully saturated rings. The third-order valence-electron chi connectivity index (χ3n) is 3.74. The first-order chi connectivity index (χ1) is 11.6. The van der Waals surface area contributed by atoms with Gasteiger partial charge >= 0.3 is 0 Å². The molecular weight excluding hydrogens is 311 g/mol. The summed E-state index contributed by atoms with van der Waals surface area (Å²) in [6.45, 7) is 0.257. The minimum atomic E-state index is -0.364. The fourth-order valence-electron chi connectivity index (χ4n) is 2.61. The maximum absolute atomic E-state index is 12.8. The molecule has 2 aromatic rings. The molecule has 1 unspecified atom stereocenters. The van der Waals surface area contributed by atoms with Gasteiger partial charge in [-0.3, -0.25) is 9.59 Å². The van der Waals surface area contributed by atoms with Crippen molar-refractivity contribution < 1.29 is 18.7 Å². The average molecular weight is 328 g/mol. The van der Waals surface area contributed by atoms with E-state index in [-0.39, 0.29) is 36.7 Å². The maximum Gasteiger partial charge on any atom is 0.258 e. The van der Waals surface area contributed by atoms with Gasteiger partial charge in [0.05, 0.1) is 6.04 Å². The van der Waals surface area contributed by atoms with Crippen LogP contribution >= 0.6 is 0 Å². The van der Waals surface area contributed by atoms with Crippen molar-refractivity contribution in [2.45, 2.75) is 12.5 Å². The van der Waals surface area contributed by atoms with E-state index in [1.807, 2.05) is 30.3 Å². The smallest absolute Gasteiger partial charge is 0.258 e. The second-order valence-electron chi connectivity index (χ2n) is 5.55. The van der Waals surface area contributed by atoms with E-state index >= 15 is 0 Å². The summed E-state index contributed by atoms with van der Waals surface area (Å²) in [6.07, 6.45) is 0.261. The molecule has 0 bridgehead atoms. The number of halogens is 1. The number of carbonyl (C=O) groups excluding carboxylic acids is 2. The lowest BCUT2D eigenvalue weighted by Crippen LogP contribution is -2.39. The molecule has 2 aromatic carbocycles. The average Bonchev–Trinajstić information content (AvgIpc) is 2.95. The Labute approximate surface area is 139 Å². The molecule has 0 spiro atoms. The molecule has 5 nitrogen and oxygen atoms in total. The molecule has 2 amide bonds. The van der Waals surface area contributed by atoms with Crippen molar-refractivity contribution in [3.63, 3.8) is 0 Å². The molecule has 0 aromatic heterocycles. The predicted molar refractivity (Wildman–Crippen MR) is 87.2 cm³/mol. The van der Waals surface area contributed by atoms with Gasteiger partial charge < -0.3 is 15.0 Å². The highest BCUT2D eigenvalue weighted by molar-refractivity contribution is 5.96. The number of amides is 2. The number of para-hydroxylation sites is 1. The number of rotatable bonds is 5. The van der Waals surface area contributed by atoms with Crippen molar-refractivity contribution in [1.82, 2.24) is 5.32 Å². The van der Waals surface area contributed by atoms with Crippen molar-refractivity contribution in [1.29, 1.82) is 0 Å². The monoisotopic (exact) mass is 328 g/mol. The van der Waals surface area contributed by atoms with Gasteiger partial charge in [-0.2, -0.15) is 0 Å². The topological polar surface area (TPSA) is 58.6 Å². The van der Waals surface area contributed by atoms with Gasteiger partial charge in [0, 0.05) is 18.7 Å². The first-order valence-corrected chi connectivity index (χ1v) is 7.65. The van der Waals surface area contributed by atoms with E-state index in [9.17, 15) is 14.0 Å². The molecule has 6 heteroatoms. The molecule has 1 N–H and O–H groups in total. The van der Waals surface area contributed by atoms with Crippen LogP contribution in [0.4, 0.5) is 10.1 Å². The van der Waals surface area contributed by atoms with E-state index in [2.05, 4.69) is 5.32 Å². The largest absolute Gasteiger partial charge is 0.484 e. The van der Waals surface area contributed by atoms with Crippen molar-refractivity contribution in [2.75, 3.05) is 18.1 Å². The first-order valence-electron chi connectivity index (χ1n) is 7.65. The van der Waals surface area contributed by atoms with Crippen molar-refractivity contribution >= 4 is 17.5 Å². The fraction of sp³-hybridized carbons (Fsp3) is 0.222. The summed E-state index contributed by atoms with van der Waals surface area (Å²) in [6, 6.07) is 14.5. The van der Waals surface area contributed by atoms with Crippen LogP contribution in [0, 0.1) is 5.82 Å². The molecule has 124 valence electrons. The number of hydrogen-bond acceptors (Lipinski definition) is 3. The Kier molecular flexibility index (Phi) is 4.74. The van der Waals surface area contributed by atoms with Gasteiger partial charge in [-0.15, -0.1) is 0 Å². The van der Waals surface area contributed by atoms with Crippen LogP contribution in [-0.2, 0) is 9.59 Å². The Bertz CT molecular complexity index is 719. The lowest BCUT2D eigenvalue weighted by Gasteiger charge is -2.17. The Balaban J connectivity index is 1.50. The van der Waals surface area contributed by atoms with E-state index in [0.717, 1.165) is 5.69 Å². The first kappa shape index (κ1) is 16.0. The number of carbonyl (C=O) groups is 2. The van der Waals surface area contributed by atoms with Crippen LogP contribution in [0.25, 0.3) is 0 Å². The molecule has 3 rings (SSSR count). The SMILES string of the molecule is O=C(COc1ccc(F)cc1)NC1CC(=O)N(c2ccccc2)C1. The number of anilines is 1. The Hall–Kier alpha value is -2.89. The third kappa shape index (κ3) is 3.90. The highest BCUT2D eigenvalue weighted by atomic mass is 19.1. The van der Waals surface area contributed by atoms with Crippen LogP contribution in [0.2, 0.25) is 0 Å². The van der Waals surface area contributed by atoms with Gasteiger partial charge in [-0.1, -0.05) is 18.2 Å². The lowest BCUT2D eigenvalue weighted by molar-refractivity contribution is -0.123. The molecule has 1 aliphatic rings. The normalized spacial score (nSPS) is 17.0. The molecule has 1 saturated heterocycles. The zero-order valence-electron chi connectivity index (χ0n) is 12.9. The quantitative estimate of drug-likeness (QED) is 0.915. The second-order valence-corrected chi connectivity index (χ2v) is 5.55. The van der Waals surface area contributed by atoms with Gasteiger partial charge in [0.2, 0.25) is 5.91 Å². The highest BCUT2D eigenvalue weighted by Crippen LogP contribution is 2.21. The van der Waals surface area contributed by atoms with E-state index < -0.39 is 0 Å². The van der Waals surface area contributed by atoms with E-state index in [1.165, 1.54) is 24.3 Å². The van der Waals surface area contributed by atoms with Gasteiger partial charge in [-0.05, 0) is 36.4 Å². The zero-order chi connectivity index (χ0) is 16.9. The molecular formula is C18H17FN2O3. The standard InChI is InChI=1S/C18H17FN2O3/c19-13-6-8-16(9-7-13)24-12-17(22)20-14-10-18(23)21(11-14)15-4-2-1-3-5-15/h1-9,14H,10-12H2,(H,20,22). The highest BCUT2D eigenvalue weighted by Gasteiger charge is 2.31. The number of hydrogen-bond donors (Lipinski definition) is 1. The Morgan fingerprint density at radius 2 is 1.88 bits per heavy atom. The van der Waals surface area contributed by atoms with Crippen LogP contribution in [0.1, 0.15) is 6.42 Å². The van der Waals surface area contributed by atoms with Gasteiger partial charge in [0.15, 0.2) is 6.61 Å². The third-order valence-corrected chi connectivity index (χ3v) is 3.74. The summed E-state index contributed by atoms with van der Waals surface area (Å²) in [5.41, 5.74) is 0.821. The van der Waals surface area contributed by atoms with Crippen LogP contribution in [-0.4, -0.2) is 31.0 Å². The maximum atomic E-state index is 12.8. The van der Waals surface area contributed by atoms with Crippen LogP contribution in [0.3, 0.4) is 0 Å². The second kappa shape index (κ2) is 7.12. The molecule has 1 atom stereocenters. The van der Waals surface area contributed by atoms with E-state index in [0.29, 0.717) is 12.3 Å². The van der Waals surface area contributed by atoms with Crippen LogP contribution in [0.15, 0.2) is 54.6 Å². The van der Waals surface area contributed by atoms with Crippen molar-refractivity contribution in [2.24, 2.45) is 0 Å².